The van der Waals surface area contributed by atoms with Crippen molar-refractivity contribution in [2.45, 2.75) is 6.92 Å². The second-order valence-corrected chi connectivity index (χ2v) is 6.55. The van der Waals surface area contributed by atoms with Gasteiger partial charge in [-0.15, -0.1) is 0 Å². The average Bonchev–Trinajstić information content (AvgIpc) is 2.65. The van der Waals surface area contributed by atoms with Gasteiger partial charge in [0.1, 0.15) is 6.33 Å². The summed E-state index contributed by atoms with van der Waals surface area (Å²) in [6, 6.07) is 5.33. The number of anilines is 3. The quantitative estimate of drug-likeness (QED) is 0.547. The number of nitrogens with one attached hydrogen (secondary N) is 2. The van der Waals surface area contributed by atoms with Gasteiger partial charge in [-0.05, 0) is 24.6 Å². The Labute approximate surface area is 161 Å². The van der Waals surface area contributed by atoms with Crippen molar-refractivity contribution < 1.29 is 9.66 Å². The van der Waals surface area contributed by atoms with Crippen LogP contribution < -0.4 is 10.6 Å². The first-order valence-electron chi connectivity index (χ1n) is 8.61. The molecule has 0 atom stereocenters. The van der Waals surface area contributed by atoms with E-state index in [0.29, 0.717) is 30.5 Å². The van der Waals surface area contributed by atoms with E-state index in [2.05, 4.69) is 25.5 Å². The minimum absolute atomic E-state index is 0.115. The lowest BCUT2D eigenvalue weighted by Gasteiger charge is -2.26. The van der Waals surface area contributed by atoms with Crippen LogP contribution in [0.4, 0.5) is 23.0 Å². The summed E-state index contributed by atoms with van der Waals surface area (Å²) in [7, 11) is 0. The second-order valence-electron chi connectivity index (χ2n) is 6.15. The monoisotopic (exact) mass is 392 g/mol. The standard InChI is InChI=1S/C17H21ClN6O3/c1-12-2-3-13(10-14(12)18)22-17-15(24(25)26)16(20-11-21-17)19-4-5-23-6-8-27-9-7-23/h2-3,10-11H,4-9H2,1H3,(H2,19,20,21,22). The summed E-state index contributed by atoms with van der Waals surface area (Å²) < 4.78 is 5.31. The highest BCUT2D eigenvalue weighted by Gasteiger charge is 2.23. The molecule has 1 saturated heterocycles. The van der Waals surface area contributed by atoms with Gasteiger partial charge in [-0.3, -0.25) is 15.0 Å². The summed E-state index contributed by atoms with van der Waals surface area (Å²) in [6.07, 6.45) is 1.29. The molecule has 2 aromatic rings. The fourth-order valence-electron chi connectivity index (χ4n) is 2.74. The highest BCUT2D eigenvalue weighted by Crippen LogP contribution is 2.32. The van der Waals surface area contributed by atoms with Crippen molar-refractivity contribution in [3.05, 3.63) is 45.2 Å². The molecule has 2 N–H and O–H groups in total. The molecule has 0 spiro atoms. The second kappa shape index (κ2) is 8.94. The van der Waals surface area contributed by atoms with Gasteiger partial charge in [-0.2, -0.15) is 0 Å². The zero-order chi connectivity index (χ0) is 19.2. The number of aromatic nitrogens is 2. The number of aryl methyl sites for hydroxylation is 1. The Hall–Kier alpha value is -2.49. The van der Waals surface area contributed by atoms with Crippen molar-refractivity contribution in [2.75, 3.05) is 50.0 Å². The predicted octanol–water partition coefficient (Wildman–Crippen LogP) is 2.83. The molecule has 0 amide bonds. The number of halogens is 1. The van der Waals surface area contributed by atoms with Crippen LogP contribution in [0.2, 0.25) is 5.02 Å². The van der Waals surface area contributed by atoms with Gasteiger partial charge >= 0.3 is 5.69 Å². The molecule has 1 aliphatic heterocycles. The Morgan fingerprint density at radius 2 is 2.04 bits per heavy atom. The third kappa shape index (κ3) is 5.03. The lowest BCUT2D eigenvalue weighted by Crippen LogP contribution is -2.39. The van der Waals surface area contributed by atoms with Crippen LogP contribution in [0.3, 0.4) is 0 Å². The minimum Gasteiger partial charge on any atom is -0.379 e. The summed E-state index contributed by atoms with van der Waals surface area (Å²) >= 11 is 6.12. The smallest absolute Gasteiger partial charge is 0.353 e. The van der Waals surface area contributed by atoms with Crippen LogP contribution in [0.5, 0.6) is 0 Å². The van der Waals surface area contributed by atoms with E-state index in [1.165, 1.54) is 6.33 Å². The zero-order valence-electron chi connectivity index (χ0n) is 14.9. The molecule has 0 unspecified atom stereocenters. The molecule has 27 heavy (non-hydrogen) atoms. The summed E-state index contributed by atoms with van der Waals surface area (Å²) in [5, 5.41) is 18.2. The van der Waals surface area contributed by atoms with Gasteiger partial charge in [-0.1, -0.05) is 17.7 Å². The molecule has 0 radical (unpaired) electrons. The van der Waals surface area contributed by atoms with Crippen molar-refractivity contribution >= 4 is 34.6 Å². The molecule has 0 saturated carbocycles. The molecule has 1 aromatic carbocycles. The highest BCUT2D eigenvalue weighted by molar-refractivity contribution is 6.31. The summed E-state index contributed by atoms with van der Waals surface area (Å²) in [6.45, 7) is 6.30. The largest absolute Gasteiger partial charge is 0.379 e. The van der Waals surface area contributed by atoms with Crippen LogP contribution in [0.25, 0.3) is 0 Å². The Morgan fingerprint density at radius 1 is 1.30 bits per heavy atom. The Kier molecular flexibility index (Phi) is 6.38. The minimum atomic E-state index is -0.491. The van der Waals surface area contributed by atoms with E-state index in [0.717, 1.165) is 25.2 Å². The summed E-state index contributed by atoms with van der Waals surface area (Å²) in [5.41, 5.74) is 1.34. The van der Waals surface area contributed by atoms with Gasteiger partial charge in [0, 0.05) is 36.9 Å². The van der Waals surface area contributed by atoms with Crippen LogP contribution in [-0.2, 0) is 4.74 Å². The number of ether oxygens (including phenoxy) is 1. The molecule has 0 bridgehead atoms. The lowest BCUT2D eigenvalue weighted by molar-refractivity contribution is -0.383. The maximum Gasteiger partial charge on any atom is 0.353 e. The summed E-state index contributed by atoms with van der Waals surface area (Å²) in [5.74, 6) is 0.299. The van der Waals surface area contributed by atoms with Gasteiger partial charge in [0.15, 0.2) is 0 Å². The van der Waals surface area contributed by atoms with Gasteiger partial charge < -0.3 is 15.4 Å². The summed E-state index contributed by atoms with van der Waals surface area (Å²) in [4.78, 5) is 21.4. The number of rotatable bonds is 7. The normalized spacial score (nSPS) is 14.7. The molecule has 144 valence electrons. The van der Waals surface area contributed by atoms with Gasteiger partial charge in [0.25, 0.3) is 0 Å². The molecule has 1 aromatic heterocycles. The number of nitro groups is 1. The first-order chi connectivity index (χ1) is 13.0. The number of hydrogen-bond acceptors (Lipinski definition) is 8. The van der Waals surface area contributed by atoms with Crippen molar-refractivity contribution in [1.82, 2.24) is 14.9 Å². The number of morpholine rings is 1. The fraction of sp³-hybridized carbons (Fsp3) is 0.412. The Balaban J connectivity index is 1.73. The molecule has 10 heteroatoms. The van der Waals surface area contributed by atoms with E-state index in [-0.39, 0.29) is 17.3 Å². The molecule has 1 aliphatic rings. The van der Waals surface area contributed by atoms with Crippen LogP contribution >= 0.6 is 11.6 Å². The van der Waals surface area contributed by atoms with E-state index in [9.17, 15) is 10.1 Å². The van der Waals surface area contributed by atoms with E-state index < -0.39 is 4.92 Å². The van der Waals surface area contributed by atoms with Crippen molar-refractivity contribution in [3.8, 4) is 0 Å². The van der Waals surface area contributed by atoms with E-state index >= 15 is 0 Å². The average molecular weight is 393 g/mol. The SMILES string of the molecule is Cc1ccc(Nc2ncnc(NCCN3CCOCC3)c2[N+](=O)[O-])cc1Cl. The van der Waals surface area contributed by atoms with Gasteiger partial charge in [0.2, 0.25) is 11.6 Å². The molecular weight excluding hydrogens is 372 g/mol. The molecule has 1 fully saturated rings. The maximum absolute atomic E-state index is 11.6. The van der Waals surface area contributed by atoms with Crippen molar-refractivity contribution in [3.63, 3.8) is 0 Å². The first kappa shape index (κ1) is 19.3. The van der Waals surface area contributed by atoms with Crippen molar-refractivity contribution in [2.24, 2.45) is 0 Å². The maximum atomic E-state index is 11.6. The van der Waals surface area contributed by atoms with Crippen molar-refractivity contribution in [1.29, 1.82) is 0 Å². The van der Waals surface area contributed by atoms with Gasteiger partial charge in [-0.25, -0.2) is 9.97 Å². The number of hydrogen-bond donors (Lipinski definition) is 2. The first-order valence-corrected chi connectivity index (χ1v) is 8.99. The Bertz CT molecular complexity index is 813. The van der Waals surface area contributed by atoms with Crippen LogP contribution in [0, 0.1) is 17.0 Å². The van der Waals surface area contributed by atoms with E-state index in [1.807, 2.05) is 13.0 Å². The molecule has 9 nitrogen and oxygen atoms in total. The number of nitrogens with zero attached hydrogens (tertiary/aromatic N) is 4. The van der Waals surface area contributed by atoms with E-state index in [1.54, 1.807) is 12.1 Å². The van der Waals surface area contributed by atoms with Crippen LogP contribution in [0.1, 0.15) is 5.56 Å². The van der Waals surface area contributed by atoms with E-state index in [4.69, 9.17) is 16.3 Å². The van der Waals surface area contributed by atoms with Crippen LogP contribution in [0.15, 0.2) is 24.5 Å². The fourth-order valence-corrected chi connectivity index (χ4v) is 2.92. The molecular formula is C17H21ClN6O3. The zero-order valence-corrected chi connectivity index (χ0v) is 15.7. The third-order valence-electron chi connectivity index (χ3n) is 4.26. The van der Waals surface area contributed by atoms with Gasteiger partial charge in [0.05, 0.1) is 18.1 Å². The number of benzene rings is 1. The molecule has 2 heterocycles. The van der Waals surface area contributed by atoms with Crippen LogP contribution in [-0.4, -0.2) is 59.2 Å². The molecule has 3 rings (SSSR count). The molecule has 0 aliphatic carbocycles. The predicted molar refractivity (Wildman–Crippen MR) is 104 cm³/mol. The lowest BCUT2D eigenvalue weighted by atomic mass is 10.2. The highest BCUT2D eigenvalue weighted by atomic mass is 35.5. The Morgan fingerprint density at radius 3 is 2.74 bits per heavy atom. The topological polar surface area (TPSA) is 105 Å². The third-order valence-corrected chi connectivity index (χ3v) is 4.67.